The standard InChI is InChI=1S/C14H23N3O2/c1-14(2,3)19-13(18)11-5-10(6-15-7-11)12-8-16-17(4)9-12/h8-11,15H,5-7H2,1-4H3/t10-,11+/m0/s1. The van der Waals surface area contributed by atoms with Gasteiger partial charge in [0.05, 0.1) is 12.1 Å². The molecular weight excluding hydrogens is 242 g/mol. The van der Waals surface area contributed by atoms with Crippen molar-refractivity contribution in [2.75, 3.05) is 13.1 Å². The summed E-state index contributed by atoms with van der Waals surface area (Å²) in [6.45, 7) is 7.30. The molecule has 0 radical (unpaired) electrons. The van der Waals surface area contributed by atoms with Crippen molar-refractivity contribution < 1.29 is 9.53 Å². The number of hydrogen-bond acceptors (Lipinski definition) is 4. The molecule has 1 saturated heterocycles. The van der Waals surface area contributed by atoms with Crippen molar-refractivity contribution in [2.45, 2.75) is 38.7 Å². The van der Waals surface area contributed by atoms with Gasteiger partial charge in [0.2, 0.25) is 0 Å². The Morgan fingerprint density at radius 1 is 1.47 bits per heavy atom. The van der Waals surface area contributed by atoms with E-state index in [2.05, 4.69) is 10.4 Å². The molecule has 0 aromatic carbocycles. The van der Waals surface area contributed by atoms with Gasteiger partial charge in [-0.3, -0.25) is 9.48 Å². The molecule has 19 heavy (non-hydrogen) atoms. The third-order valence-corrected chi connectivity index (χ3v) is 3.29. The van der Waals surface area contributed by atoms with Gasteiger partial charge in [0.25, 0.3) is 0 Å². The highest BCUT2D eigenvalue weighted by atomic mass is 16.6. The third kappa shape index (κ3) is 3.80. The van der Waals surface area contributed by atoms with E-state index < -0.39 is 5.60 Å². The SMILES string of the molecule is Cn1cc([C@@H]2CNC[C@H](C(=O)OC(C)(C)C)C2)cn1. The van der Waals surface area contributed by atoms with E-state index in [9.17, 15) is 4.79 Å². The first kappa shape index (κ1) is 14.1. The lowest BCUT2D eigenvalue weighted by Gasteiger charge is -2.30. The minimum absolute atomic E-state index is 0.0711. The van der Waals surface area contributed by atoms with Gasteiger partial charge < -0.3 is 10.1 Å². The molecule has 106 valence electrons. The molecule has 1 aliphatic heterocycles. The molecule has 1 fully saturated rings. The number of carbonyl (C=O) groups is 1. The molecule has 2 atom stereocenters. The van der Waals surface area contributed by atoms with Crippen molar-refractivity contribution in [3.8, 4) is 0 Å². The molecule has 2 heterocycles. The summed E-state index contributed by atoms with van der Waals surface area (Å²) in [5, 5.41) is 7.52. The molecule has 0 saturated carbocycles. The first-order valence-electron chi connectivity index (χ1n) is 6.77. The van der Waals surface area contributed by atoms with Gasteiger partial charge in [-0.15, -0.1) is 0 Å². The quantitative estimate of drug-likeness (QED) is 0.822. The fraction of sp³-hybridized carbons (Fsp3) is 0.714. The topological polar surface area (TPSA) is 56.2 Å². The van der Waals surface area contributed by atoms with Crippen molar-refractivity contribution >= 4 is 5.97 Å². The summed E-state index contributed by atoms with van der Waals surface area (Å²) in [7, 11) is 1.91. The number of esters is 1. The fourth-order valence-corrected chi connectivity index (χ4v) is 2.41. The van der Waals surface area contributed by atoms with E-state index >= 15 is 0 Å². The molecule has 1 N–H and O–H groups in total. The third-order valence-electron chi connectivity index (χ3n) is 3.29. The molecular formula is C14H23N3O2. The van der Waals surface area contributed by atoms with Crippen LogP contribution in [0, 0.1) is 5.92 Å². The molecule has 5 nitrogen and oxygen atoms in total. The minimum Gasteiger partial charge on any atom is -0.460 e. The maximum Gasteiger partial charge on any atom is 0.310 e. The smallest absolute Gasteiger partial charge is 0.310 e. The van der Waals surface area contributed by atoms with E-state index in [1.165, 1.54) is 5.56 Å². The summed E-state index contributed by atoms with van der Waals surface area (Å²) >= 11 is 0. The lowest BCUT2D eigenvalue weighted by molar-refractivity contribution is -0.160. The highest BCUT2D eigenvalue weighted by Crippen LogP contribution is 2.27. The molecule has 0 amide bonds. The van der Waals surface area contributed by atoms with Crippen molar-refractivity contribution in [3.05, 3.63) is 18.0 Å². The van der Waals surface area contributed by atoms with Crippen molar-refractivity contribution in [3.63, 3.8) is 0 Å². The van der Waals surface area contributed by atoms with Crippen LogP contribution < -0.4 is 5.32 Å². The van der Waals surface area contributed by atoms with Crippen LogP contribution >= 0.6 is 0 Å². The Labute approximate surface area is 114 Å². The Balaban J connectivity index is 1.99. The second-order valence-electron chi connectivity index (χ2n) is 6.27. The number of nitrogens with zero attached hydrogens (tertiary/aromatic N) is 2. The van der Waals surface area contributed by atoms with Crippen molar-refractivity contribution in [2.24, 2.45) is 13.0 Å². The van der Waals surface area contributed by atoms with E-state index in [4.69, 9.17) is 4.74 Å². The molecule has 0 aliphatic carbocycles. The molecule has 1 aliphatic rings. The second kappa shape index (κ2) is 5.33. The zero-order valence-electron chi connectivity index (χ0n) is 12.1. The van der Waals surface area contributed by atoms with Crippen LogP contribution in [0.4, 0.5) is 0 Å². The van der Waals surface area contributed by atoms with Crippen LogP contribution in [-0.4, -0.2) is 34.4 Å². The predicted octanol–water partition coefficient (Wildman–Crippen LogP) is 1.45. The average molecular weight is 265 g/mol. The number of ether oxygens (including phenoxy) is 1. The number of rotatable bonds is 2. The van der Waals surface area contributed by atoms with Crippen LogP contribution in [-0.2, 0) is 16.6 Å². The van der Waals surface area contributed by atoms with Crippen molar-refractivity contribution in [1.82, 2.24) is 15.1 Å². The summed E-state index contributed by atoms with van der Waals surface area (Å²) in [6.07, 6.45) is 4.72. The van der Waals surface area contributed by atoms with Gasteiger partial charge in [0.15, 0.2) is 0 Å². The van der Waals surface area contributed by atoms with Gasteiger partial charge in [-0.1, -0.05) is 0 Å². The van der Waals surface area contributed by atoms with Gasteiger partial charge in [-0.2, -0.15) is 5.10 Å². The zero-order valence-corrected chi connectivity index (χ0v) is 12.1. The minimum atomic E-state index is -0.418. The van der Waals surface area contributed by atoms with Crippen LogP contribution in [0.1, 0.15) is 38.7 Å². The molecule has 5 heteroatoms. The van der Waals surface area contributed by atoms with E-state index in [-0.39, 0.29) is 11.9 Å². The Hall–Kier alpha value is -1.36. The summed E-state index contributed by atoms with van der Waals surface area (Å²) in [5.41, 5.74) is 0.765. The van der Waals surface area contributed by atoms with Crippen LogP contribution in [0.3, 0.4) is 0 Å². The summed E-state index contributed by atoms with van der Waals surface area (Å²) in [6, 6.07) is 0. The highest BCUT2D eigenvalue weighted by Gasteiger charge is 2.31. The molecule has 0 spiro atoms. The number of piperidine rings is 1. The van der Waals surface area contributed by atoms with Crippen molar-refractivity contribution in [1.29, 1.82) is 0 Å². The lowest BCUT2D eigenvalue weighted by atomic mass is 9.87. The van der Waals surface area contributed by atoms with E-state index in [0.717, 1.165) is 13.0 Å². The number of carbonyl (C=O) groups excluding carboxylic acids is 1. The predicted molar refractivity (Wildman–Crippen MR) is 72.8 cm³/mol. The first-order valence-corrected chi connectivity index (χ1v) is 6.77. The van der Waals surface area contributed by atoms with Crippen LogP contribution in [0.2, 0.25) is 0 Å². The van der Waals surface area contributed by atoms with Gasteiger partial charge in [0, 0.05) is 32.3 Å². The molecule has 1 aromatic rings. The van der Waals surface area contributed by atoms with Crippen LogP contribution in [0.5, 0.6) is 0 Å². The number of aryl methyl sites for hydroxylation is 1. The normalized spacial score (nSPS) is 24.2. The molecule has 1 aromatic heterocycles. The number of hydrogen-bond donors (Lipinski definition) is 1. The maximum absolute atomic E-state index is 12.1. The first-order chi connectivity index (χ1) is 8.85. The van der Waals surface area contributed by atoms with E-state index in [1.807, 2.05) is 40.2 Å². The fourth-order valence-electron chi connectivity index (χ4n) is 2.41. The molecule has 0 bridgehead atoms. The molecule has 0 unspecified atom stereocenters. The van der Waals surface area contributed by atoms with E-state index in [1.54, 1.807) is 4.68 Å². The highest BCUT2D eigenvalue weighted by molar-refractivity contribution is 5.73. The Kier molecular flexibility index (Phi) is 3.94. The van der Waals surface area contributed by atoms with Crippen LogP contribution in [0.25, 0.3) is 0 Å². The van der Waals surface area contributed by atoms with Gasteiger partial charge >= 0.3 is 5.97 Å². The Bertz CT molecular complexity index is 448. The maximum atomic E-state index is 12.1. The summed E-state index contributed by atoms with van der Waals surface area (Å²) < 4.78 is 7.26. The number of aromatic nitrogens is 2. The largest absolute Gasteiger partial charge is 0.460 e. The summed E-state index contributed by atoms with van der Waals surface area (Å²) in [5.74, 6) is 0.159. The van der Waals surface area contributed by atoms with E-state index in [0.29, 0.717) is 12.5 Å². The van der Waals surface area contributed by atoms with Gasteiger partial charge in [0.1, 0.15) is 5.60 Å². The Morgan fingerprint density at radius 2 is 2.21 bits per heavy atom. The zero-order chi connectivity index (χ0) is 14.0. The average Bonchev–Trinajstić information content (AvgIpc) is 2.74. The summed E-state index contributed by atoms with van der Waals surface area (Å²) in [4.78, 5) is 12.1. The van der Waals surface area contributed by atoms with Gasteiger partial charge in [-0.05, 0) is 32.8 Å². The monoisotopic (exact) mass is 265 g/mol. The number of nitrogens with one attached hydrogen (secondary N) is 1. The van der Waals surface area contributed by atoms with Gasteiger partial charge in [-0.25, -0.2) is 0 Å². The second-order valence-corrected chi connectivity index (χ2v) is 6.27. The van der Waals surface area contributed by atoms with Crippen LogP contribution in [0.15, 0.2) is 12.4 Å². The lowest BCUT2D eigenvalue weighted by Crippen LogP contribution is -2.41. The Morgan fingerprint density at radius 3 is 2.79 bits per heavy atom. The molecule has 2 rings (SSSR count).